The second-order valence-electron chi connectivity index (χ2n) is 6.38. The number of aliphatic hydroxyl groups excluding tert-OH is 1. The van der Waals surface area contributed by atoms with Crippen LogP contribution in [0.1, 0.15) is 20.8 Å². The van der Waals surface area contributed by atoms with E-state index in [4.69, 9.17) is 4.74 Å². The van der Waals surface area contributed by atoms with Crippen LogP contribution < -0.4 is 0 Å². The zero-order valence-corrected chi connectivity index (χ0v) is 18.6. The molecule has 1 N–H and O–H groups in total. The standard InChI is InChI=1S/C12H24NO3.C2F6NO4S2/c1-6-13(5,7-2)8-11(14)9-16-12(15)10(3)4;3-1(4,5)14(10,11)9-15(12,13)2(6,7)8/h11,14H,3,6-9H2,1-2,4-5H3;/q+1;-1. The van der Waals surface area contributed by atoms with Crippen LogP contribution in [0.4, 0.5) is 26.3 Å². The summed E-state index contributed by atoms with van der Waals surface area (Å²) < 4.78 is 115. The van der Waals surface area contributed by atoms with Crippen LogP contribution in [0.15, 0.2) is 12.2 Å². The summed E-state index contributed by atoms with van der Waals surface area (Å²) in [6.07, 6.45) is -0.617. The van der Waals surface area contributed by atoms with E-state index in [9.17, 15) is 53.1 Å². The van der Waals surface area contributed by atoms with Crippen molar-refractivity contribution in [1.82, 2.24) is 0 Å². The van der Waals surface area contributed by atoms with E-state index in [2.05, 4.69) is 27.5 Å². The van der Waals surface area contributed by atoms with E-state index >= 15 is 0 Å². The summed E-state index contributed by atoms with van der Waals surface area (Å²) in [5.74, 6) is -0.443. The van der Waals surface area contributed by atoms with Gasteiger partial charge in [0.05, 0.1) is 20.1 Å². The van der Waals surface area contributed by atoms with Crippen LogP contribution in [-0.2, 0) is 29.6 Å². The summed E-state index contributed by atoms with van der Waals surface area (Å²) in [7, 11) is -11.4. The number of likely N-dealkylation sites (N-methyl/N-ethyl adjacent to an activating group) is 1. The Labute approximate surface area is 176 Å². The average Bonchev–Trinajstić information content (AvgIpc) is 2.57. The first-order chi connectivity index (χ1) is 13.5. The zero-order valence-electron chi connectivity index (χ0n) is 17.0. The number of carbonyl (C=O) groups is 1. The first-order valence-electron chi connectivity index (χ1n) is 8.26. The molecule has 186 valence electrons. The fraction of sp³-hybridized carbons (Fsp3) is 0.786. The number of alkyl halides is 6. The molecule has 0 saturated heterocycles. The van der Waals surface area contributed by atoms with Crippen LogP contribution in [-0.4, -0.2) is 82.8 Å². The molecule has 0 amide bonds. The van der Waals surface area contributed by atoms with Crippen molar-refractivity contribution >= 4 is 26.0 Å². The Kier molecular flexibility index (Phi) is 11.7. The number of hydrogen-bond acceptors (Lipinski definition) is 7. The fourth-order valence-corrected chi connectivity index (χ4v) is 3.26. The van der Waals surface area contributed by atoms with Crippen molar-refractivity contribution < 1.29 is 62.3 Å². The minimum Gasteiger partial charge on any atom is -0.459 e. The van der Waals surface area contributed by atoms with Crippen molar-refractivity contribution in [1.29, 1.82) is 0 Å². The quantitative estimate of drug-likeness (QED) is 0.217. The molecule has 1 atom stereocenters. The van der Waals surface area contributed by atoms with E-state index in [0.717, 1.165) is 21.7 Å². The average molecular weight is 510 g/mol. The Morgan fingerprint density at radius 1 is 1.03 bits per heavy atom. The number of hydrogen-bond donors (Lipinski definition) is 1. The van der Waals surface area contributed by atoms with Crippen LogP contribution >= 0.6 is 0 Å². The van der Waals surface area contributed by atoms with E-state index in [-0.39, 0.29) is 6.61 Å². The summed E-state index contributed by atoms with van der Waals surface area (Å²) in [4.78, 5) is 11.1. The van der Waals surface area contributed by atoms with Gasteiger partial charge in [0, 0.05) is 5.57 Å². The highest BCUT2D eigenvalue weighted by Crippen LogP contribution is 2.36. The normalized spacial score (nSPS) is 14.3. The molecule has 0 aliphatic carbocycles. The van der Waals surface area contributed by atoms with Crippen molar-refractivity contribution in [3.63, 3.8) is 0 Å². The predicted octanol–water partition coefficient (Wildman–Crippen LogP) is 2.01. The number of quaternary nitrogens is 1. The molecule has 0 saturated carbocycles. The van der Waals surface area contributed by atoms with Crippen LogP contribution in [0.25, 0.3) is 4.13 Å². The molecule has 0 aromatic rings. The third kappa shape index (κ3) is 11.1. The summed E-state index contributed by atoms with van der Waals surface area (Å²) in [5, 5.41) is 9.76. The second-order valence-corrected chi connectivity index (χ2v) is 9.81. The van der Waals surface area contributed by atoms with E-state index in [1.807, 2.05) is 0 Å². The third-order valence-electron chi connectivity index (χ3n) is 3.71. The van der Waals surface area contributed by atoms with Crippen molar-refractivity contribution in [2.24, 2.45) is 0 Å². The molecule has 1 unspecified atom stereocenters. The largest absolute Gasteiger partial charge is 0.480 e. The number of esters is 1. The van der Waals surface area contributed by atoms with E-state index in [0.29, 0.717) is 12.1 Å². The smallest absolute Gasteiger partial charge is 0.459 e. The van der Waals surface area contributed by atoms with Crippen LogP contribution in [0.2, 0.25) is 0 Å². The van der Waals surface area contributed by atoms with Crippen LogP contribution in [0.3, 0.4) is 0 Å². The Bertz CT molecular complexity index is 777. The Hall–Kier alpha value is -1.43. The SMILES string of the molecule is C=C(C)C(=O)OCC(O)C[N+](C)(CC)CC.O=S(=O)([N-]S(=O)(=O)C(F)(F)F)C(F)(F)F. The van der Waals surface area contributed by atoms with Gasteiger partial charge in [-0.1, -0.05) is 6.58 Å². The van der Waals surface area contributed by atoms with Gasteiger partial charge in [0.25, 0.3) is 0 Å². The number of ether oxygens (including phenoxy) is 1. The van der Waals surface area contributed by atoms with Gasteiger partial charge in [-0.25, -0.2) is 21.6 Å². The van der Waals surface area contributed by atoms with Crippen molar-refractivity contribution in [2.45, 2.75) is 37.9 Å². The second kappa shape index (κ2) is 11.4. The maximum Gasteiger partial charge on any atom is 0.480 e. The Morgan fingerprint density at radius 2 is 1.39 bits per heavy atom. The molecule has 31 heavy (non-hydrogen) atoms. The van der Waals surface area contributed by atoms with Gasteiger partial charge in [0.2, 0.25) is 0 Å². The molecule has 9 nitrogen and oxygen atoms in total. The van der Waals surface area contributed by atoms with E-state index < -0.39 is 43.1 Å². The van der Waals surface area contributed by atoms with Gasteiger partial charge in [-0.15, -0.1) is 0 Å². The number of aliphatic hydroxyl groups is 1. The first kappa shape index (κ1) is 31.8. The first-order valence-corrected chi connectivity index (χ1v) is 11.1. The number of carbonyl (C=O) groups excluding carboxylic acids is 1. The highest BCUT2D eigenvalue weighted by molar-refractivity contribution is 8.13. The van der Waals surface area contributed by atoms with Gasteiger partial charge in [-0.2, -0.15) is 26.3 Å². The number of nitrogens with zero attached hydrogens (tertiary/aromatic N) is 2. The maximum absolute atomic E-state index is 11.4. The molecule has 17 heteroatoms. The third-order valence-corrected chi connectivity index (χ3v) is 6.45. The molecule has 0 radical (unpaired) electrons. The Balaban J connectivity index is 0. The topological polar surface area (TPSA) is 129 Å². The Morgan fingerprint density at radius 3 is 1.65 bits per heavy atom. The lowest BCUT2D eigenvalue weighted by Gasteiger charge is -2.33. The van der Waals surface area contributed by atoms with E-state index in [1.54, 1.807) is 6.92 Å². The van der Waals surface area contributed by atoms with Crippen molar-refractivity contribution in [2.75, 3.05) is 33.3 Å². The lowest BCUT2D eigenvalue weighted by Crippen LogP contribution is -2.49. The summed E-state index contributed by atoms with van der Waals surface area (Å²) >= 11 is 0. The predicted molar refractivity (Wildman–Crippen MR) is 97.2 cm³/mol. The zero-order chi connectivity index (χ0) is 25.5. The highest BCUT2D eigenvalue weighted by atomic mass is 32.3. The van der Waals surface area contributed by atoms with Gasteiger partial charge >= 0.3 is 17.0 Å². The molecule has 0 heterocycles. The molecule has 0 fully saturated rings. The summed E-state index contributed by atoms with van der Waals surface area (Å²) in [5.41, 5.74) is -12.0. The van der Waals surface area contributed by atoms with Crippen LogP contribution in [0.5, 0.6) is 0 Å². The molecule has 0 aliphatic rings. The number of sulfonamides is 2. The minimum atomic E-state index is -6.72. The summed E-state index contributed by atoms with van der Waals surface area (Å²) in [6.45, 7) is 11.8. The molecular formula is C14H24F6N2O7S2. The van der Waals surface area contributed by atoms with Gasteiger partial charge in [-0.3, -0.25) is 0 Å². The van der Waals surface area contributed by atoms with Crippen LogP contribution in [0, 0.1) is 0 Å². The minimum absolute atomic E-state index is 0.0412. The van der Waals surface area contributed by atoms with E-state index in [1.165, 1.54) is 0 Å². The maximum atomic E-state index is 11.4. The summed E-state index contributed by atoms with van der Waals surface area (Å²) in [6, 6.07) is 0. The molecule has 0 bridgehead atoms. The molecular weight excluding hydrogens is 486 g/mol. The van der Waals surface area contributed by atoms with Gasteiger partial charge < -0.3 is 18.5 Å². The monoisotopic (exact) mass is 510 g/mol. The number of halogens is 6. The van der Waals surface area contributed by atoms with Crippen molar-refractivity contribution in [3.8, 4) is 0 Å². The number of rotatable bonds is 9. The molecule has 0 aliphatic heterocycles. The fourth-order valence-electron chi connectivity index (χ4n) is 1.55. The molecule has 0 aromatic heterocycles. The molecule has 0 spiro atoms. The van der Waals surface area contributed by atoms with Crippen molar-refractivity contribution in [3.05, 3.63) is 16.3 Å². The van der Waals surface area contributed by atoms with Gasteiger partial charge in [0.1, 0.15) is 19.3 Å². The molecule has 0 rings (SSSR count). The molecule has 0 aromatic carbocycles. The lowest BCUT2D eigenvalue weighted by atomic mass is 10.3. The lowest BCUT2D eigenvalue weighted by molar-refractivity contribution is -0.909. The highest BCUT2D eigenvalue weighted by Gasteiger charge is 2.46. The van der Waals surface area contributed by atoms with Gasteiger partial charge in [-0.05, 0) is 20.8 Å². The van der Waals surface area contributed by atoms with Gasteiger partial charge in [0.15, 0.2) is 20.0 Å².